The third-order valence-corrected chi connectivity index (χ3v) is 6.13. The molecule has 4 rings (SSSR count). The molecule has 1 saturated carbocycles. The van der Waals surface area contributed by atoms with Gasteiger partial charge in [0.1, 0.15) is 11.6 Å². The first-order valence-electron chi connectivity index (χ1n) is 11.3. The second kappa shape index (κ2) is 13.0. The molecule has 1 fully saturated rings. The molecule has 1 heterocycles. The second-order valence-corrected chi connectivity index (χ2v) is 8.47. The Balaban J connectivity index is 0.00000216. The fourth-order valence-corrected chi connectivity index (χ4v) is 4.46. The number of aromatic nitrogens is 1. The summed E-state index contributed by atoms with van der Waals surface area (Å²) in [7, 11) is 1.91. The first-order valence-corrected chi connectivity index (χ1v) is 11.3. The number of nitrogens with one attached hydrogen (secondary N) is 3. The number of ether oxygens (including phenoxy) is 1. The van der Waals surface area contributed by atoms with Crippen LogP contribution in [-0.4, -0.2) is 31.0 Å². The quantitative estimate of drug-likeness (QED) is 0.299. The van der Waals surface area contributed by atoms with Crippen LogP contribution in [0.1, 0.15) is 31.2 Å². The third kappa shape index (κ3) is 8.05. The van der Waals surface area contributed by atoms with Crippen molar-refractivity contribution in [1.82, 2.24) is 10.3 Å². The number of pyridine rings is 1. The summed E-state index contributed by atoms with van der Waals surface area (Å²) in [6, 6.07) is 16.8. The van der Waals surface area contributed by atoms with E-state index < -0.39 is 6.36 Å². The van der Waals surface area contributed by atoms with E-state index in [1.807, 2.05) is 25.2 Å². The standard InChI is InChI=1S/C25H29F3N4O.2ClH/c1-29-22-14-24(32-21-8-4-3-7-20(21)22)31-19-12-10-17(11-13-19)15-30-16-18-6-2-5-9-23(18)33-25(26,27)28;;/h2-9,14,17,19,30H,10-13,15-16H2,1H3,(H2,29,31,32);2*1H. The number of rotatable bonds is 8. The molecule has 0 bridgehead atoms. The number of para-hydroxylation sites is 2. The molecular weight excluding hydrogens is 500 g/mol. The Morgan fingerprint density at radius 1 is 0.971 bits per heavy atom. The molecule has 5 nitrogen and oxygen atoms in total. The molecule has 2 aromatic carbocycles. The predicted molar refractivity (Wildman–Crippen MR) is 140 cm³/mol. The van der Waals surface area contributed by atoms with Crippen LogP contribution in [0.5, 0.6) is 5.75 Å². The van der Waals surface area contributed by atoms with Crippen molar-refractivity contribution in [2.75, 3.05) is 24.2 Å². The topological polar surface area (TPSA) is 58.2 Å². The van der Waals surface area contributed by atoms with Gasteiger partial charge in [-0.1, -0.05) is 36.4 Å². The number of fused-ring (bicyclic) bond motifs is 1. The van der Waals surface area contributed by atoms with Crippen molar-refractivity contribution in [1.29, 1.82) is 0 Å². The average Bonchev–Trinajstić information content (AvgIpc) is 2.80. The van der Waals surface area contributed by atoms with Crippen LogP contribution in [-0.2, 0) is 6.54 Å². The van der Waals surface area contributed by atoms with E-state index in [1.165, 1.54) is 6.07 Å². The van der Waals surface area contributed by atoms with Crippen molar-refractivity contribution in [3.05, 3.63) is 60.2 Å². The van der Waals surface area contributed by atoms with Crippen LogP contribution >= 0.6 is 24.8 Å². The minimum absolute atomic E-state index is 0. The van der Waals surface area contributed by atoms with Crippen LogP contribution in [0.3, 0.4) is 0 Å². The van der Waals surface area contributed by atoms with E-state index in [2.05, 4.69) is 32.8 Å². The Kier molecular flexibility index (Phi) is 10.7. The SMILES string of the molecule is CNc1cc(NC2CCC(CNCc3ccccc3OC(F)(F)F)CC2)nc2ccccc12.Cl.Cl. The normalized spacial score (nSPS) is 17.7. The smallest absolute Gasteiger partial charge is 0.405 e. The van der Waals surface area contributed by atoms with Gasteiger partial charge in [-0.3, -0.25) is 0 Å². The summed E-state index contributed by atoms with van der Waals surface area (Å²) in [5.41, 5.74) is 2.52. The van der Waals surface area contributed by atoms with Crippen molar-refractivity contribution in [3.8, 4) is 5.75 Å². The lowest BCUT2D eigenvalue weighted by atomic mass is 9.86. The molecule has 1 aromatic heterocycles. The van der Waals surface area contributed by atoms with E-state index in [0.29, 0.717) is 24.1 Å². The Hall–Kier alpha value is -2.42. The van der Waals surface area contributed by atoms with Crippen LogP contribution in [0.25, 0.3) is 10.9 Å². The van der Waals surface area contributed by atoms with Gasteiger partial charge in [-0.2, -0.15) is 0 Å². The van der Waals surface area contributed by atoms with Crippen LogP contribution in [0, 0.1) is 5.92 Å². The van der Waals surface area contributed by atoms with Crippen molar-refractivity contribution in [2.24, 2.45) is 5.92 Å². The molecule has 0 spiro atoms. The van der Waals surface area contributed by atoms with E-state index in [0.717, 1.165) is 54.6 Å². The van der Waals surface area contributed by atoms with Crippen LogP contribution < -0.4 is 20.7 Å². The van der Waals surface area contributed by atoms with E-state index in [1.54, 1.807) is 18.2 Å². The fraction of sp³-hybridized carbons (Fsp3) is 0.400. The van der Waals surface area contributed by atoms with Gasteiger partial charge in [0.15, 0.2) is 0 Å². The van der Waals surface area contributed by atoms with Crippen LogP contribution in [0.15, 0.2) is 54.6 Å². The first kappa shape index (κ1) is 28.8. The summed E-state index contributed by atoms with van der Waals surface area (Å²) >= 11 is 0. The highest BCUT2D eigenvalue weighted by atomic mass is 35.5. The molecule has 10 heteroatoms. The summed E-state index contributed by atoms with van der Waals surface area (Å²) in [5, 5.41) is 11.2. The molecule has 0 saturated heterocycles. The molecule has 1 aliphatic carbocycles. The molecule has 1 aliphatic rings. The second-order valence-electron chi connectivity index (χ2n) is 8.47. The van der Waals surface area contributed by atoms with Gasteiger partial charge in [-0.15, -0.1) is 38.0 Å². The lowest BCUT2D eigenvalue weighted by Gasteiger charge is -2.30. The number of halogens is 5. The zero-order valence-electron chi connectivity index (χ0n) is 19.4. The predicted octanol–water partition coefficient (Wildman–Crippen LogP) is 6.78. The van der Waals surface area contributed by atoms with Crippen molar-refractivity contribution in [2.45, 2.75) is 44.6 Å². The summed E-state index contributed by atoms with van der Waals surface area (Å²) in [5.74, 6) is 1.23. The lowest BCUT2D eigenvalue weighted by molar-refractivity contribution is -0.274. The highest BCUT2D eigenvalue weighted by Crippen LogP contribution is 2.30. The maximum Gasteiger partial charge on any atom is 0.573 e. The van der Waals surface area contributed by atoms with E-state index in [9.17, 15) is 13.2 Å². The van der Waals surface area contributed by atoms with Crippen molar-refractivity contribution in [3.63, 3.8) is 0 Å². The van der Waals surface area contributed by atoms with E-state index in [-0.39, 0.29) is 30.6 Å². The maximum atomic E-state index is 12.6. The van der Waals surface area contributed by atoms with Crippen LogP contribution in [0.2, 0.25) is 0 Å². The Morgan fingerprint density at radius 2 is 1.66 bits per heavy atom. The highest BCUT2D eigenvalue weighted by molar-refractivity contribution is 5.92. The zero-order chi connectivity index (χ0) is 23.3. The van der Waals surface area contributed by atoms with Gasteiger partial charge >= 0.3 is 6.36 Å². The molecule has 35 heavy (non-hydrogen) atoms. The molecule has 0 atom stereocenters. The Morgan fingerprint density at radius 3 is 2.37 bits per heavy atom. The number of benzene rings is 2. The monoisotopic (exact) mass is 530 g/mol. The summed E-state index contributed by atoms with van der Waals surface area (Å²) < 4.78 is 41.9. The first-order chi connectivity index (χ1) is 15.9. The molecule has 0 radical (unpaired) electrons. The van der Waals surface area contributed by atoms with Crippen molar-refractivity contribution >= 4 is 47.2 Å². The molecule has 0 unspecified atom stereocenters. The Labute approximate surface area is 216 Å². The van der Waals surface area contributed by atoms with Crippen LogP contribution in [0.4, 0.5) is 24.7 Å². The average molecular weight is 531 g/mol. The molecular formula is C25H31Cl2F3N4O. The summed E-state index contributed by atoms with van der Waals surface area (Å²) in [4.78, 5) is 4.76. The molecule has 0 aliphatic heterocycles. The number of alkyl halides is 3. The molecule has 0 amide bonds. The number of hydrogen-bond donors (Lipinski definition) is 3. The molecule has 3 N–H and O–H groups in total. The fourth-order valence-electron chi connectivity index (χ4n) is 4.46. The van der Waals surface area contributed by atoms with Gasteiger partial charge in [0.2, 0.25) is 0 Å². The third-order valence-electron chi connectivity index (χ3n) is 6.13. The number of anilines is 2. The maximum absolute atomic E-state index is 12.6. The van der Waals surface area contributed by atoms with Gasteiger partial charge in [0, 0.05) is 42.3 Å². The van der Waals surface area contributed by atoms with Gasteiger partial charge in [0.05, 0.1) is 5.52 Å². The van der Waals surface area contributed by atoms with E-state index in [4.69, 9.17) is 4.98 Å². The minimum Gasteiger partial charge on any atom is -0.405 e. The Bertz CT molecular complexity index is 1080. The highest BCUT2D eigenvalue weighted by Gasteiger charge is 2.32. The van der Waals surface area contributed by atoms with E-state index >= 15 is 0 Å². The minimum atomic E-state index is -4.69. The van der Waals surface area contributed by atoms with Gasteiger partial charge in [-0.05, 0) is 50.3 Å². The molecule has 192 valence electrons. The largest absolute Gasteiger partial charge is 0.573 e. The molecule has 3 aromatic rings. The summed E-state index contributed by atoms with van der Waals surface area (Å²) in [6.07, 6.45) is -0.516. The van der Waals surface area contributed by atoms with Gasteiger partial charge < -0.3 is 20.7 Å². The summed E-state index contributed by atoms with van der Waals surface area (Å²) in [6.45, 7) is 1.11. The lowest BCUT2D eigenvalue weighted by Crippen LogP contribution is -2.31. The number of nitrogens with zero attached hydrogens (tertiary/aromatic N) is 1. The zero-order valence-corrected chi connectivity index (χ0v) is 21.0. The van der Waals surface area contributed by atoms with Gasteiger partial charge in [0.25, 0.3) is 0 Å². The number of hydrogen-bond acceptors (Lipinski definition) is 5. The van der Waals surface area contributed by atoms with Gasteiger partial charge in [-0.25, -0.2) is 4.98 Å². The van der Waals surface area contributed by atoms with Crippen molar-refractivity contribution < 1.29 is 17.9 Å².